The minimum absolute atomic E-state index is 0.321. The Bertz CT molecular complexity index is 1270. The minimum Gasteiger partial charge on any atom is -0.332 e. The first-order valence-corrected chi connectivity index (χ1v) is 11.3. The highest BCUT2D eigenvalue weighted by molar-refractivity contribution is 7.14. The van der Waals surface area contributed by atoms with E-state index < -0.39 is 0 Å². The van der Waals surface area contributed by atoms with Crippen molar-refractivity contribution in [3.05, 3.63) is 98.8 Å². The van der Waals surface area contributed by atoms with Gasteiger partial charge >= 0.3 is 0 Å². The molecule has 4 aromatic rings. The summed E-state index contributed by atoms with van der Waals surface area (Å²) < 4.78 is 0. The number of nitrogens with one attached hydrogen (secondary N) is 2. The first-order chi connectivity index (χ1) is 15.5. The van der Waals surface area contributed by atoms with Gasteiger partial charge in [-0.2, -0.15) is 5.10 Å². The molecule has 0 radical (unpaired) electrons. The van der Waals surface area contributed by atoms with E-state index in [2.05, 4.69) is 39.9 Å². The lowest BCUT2D eigenvalue weighted by Crippen LogP contribution is -2.17. The first kappa shape index (κ1) is 22.0. The topological polar surface area (TPSA) is 66.4 Å². The summed E-state index contributed by atoms with van der Waals surface area (Å²) in [5.41, 5.74) is 7.60. The SMILES string of the molecule is Cc1ccc(Nc2nc(-c3ccc(C(=O)N/N=C\c4ccc(Cl)cc4Cl)cc3)cs2)cc1. The summed E-state index contributed by atoms with van der Waals surface area (Å²) in [6.07, 6.45) is 1.47. The summed E-state index contributed by atoms with van der Waals surface area (Å²) >= 11 is 13.5. The van der Waals surface area contributed by atoms with Crippen LogP contribution < -0.4 is 10.7 Å². The Morgan fingerprint density at radius 2 is 1.78 bits per heavy atom. The van der Waals surface area contributed by atoms with Gasteiger partial charge in [0.1, 0.15) is 0 Å². The van der Waals surface area contributed by atoms with Gasteiger partial charge < -0.3 is 5.32 Å². The third kappa shape index (κ3) is 5.53. The van der Waals surface area contributed by atoms with Crippen LogP contribution >= 0.6 is 34.5 Å². The molecule has 0 unspecified atom stereocenters. The van der Waals surface area contributed by atoms with Gasteiger partial charge in [-0.15, -0.1) is 11.3 Å². The molecule has 1 heterocycles. The number of halogens is 2. The van der Waals surface area contributed by atoms with Gasteiger partial charge in [0.25, 0.3) is 5.91 Å². The summed E-state index contributed by atoms with van der Waals surface area (Å²) in [4.78, 5) is 17.0. The molecule has 0 fully saturated rings. The lowest BCUT2D eigenvalue weighted by atomic mass is 10.1. The molecule has 32 heavy (non-hydrogen) atoms. The molecule has 0 aliphatic rings. The van der Waals surface area contributed by atoms with Crippen LogP contribution in [0.4, 0.5) is 10.8 Å². The zero-order valence-corrected chi connectivity index (χ0v) is 19.3. The Labute approximate surface area is 199 Å². The van der Waals surface area contributed by atoms with Crippen LogP contribution in [0.15, 0.2) is 77.2 Å². The number of carbonyl (C=O) groups is 1. The minimum atomic E-state index is -0.321. The van der Waals surface area contributed by atoms with Crippen LogP contribution in [-0.2, 0) is 0 Å². The highest BCUT2D eigenvalue weighted by Gasteiger charge is 2.08. The molecular formula is C24H18Cl2N4OS. The molecule has 8 heteroatoms. The predicted molar refractivity (Wildman–Crippen MR) is 134 cm³/mol. The lowest BCUT2D eigenvalue weighted by Gasteiger charge is -2.03. The van der Waals surface area contributed by atoms with E-state index >= 15 is 0 Å². The number of carbonyl (C=O) groups excluding carboxylic acids is 1. The highest BCUT2D eigenvalue weighted by Crippen LogP contribution is 2.27. The van der Waals surface area contributed by atoms with Crippen LogP contribution in [0, 0.1) is 6.92 Å². The van der Waals surface area contributed by atoms with Crippen molar-refractivity contribution in [3.8, 4) is 11.3 Å². The fraction of sp³-hybridized carbons (Fsp3) is 0.0417. The zero-order chi connectivity index (χ0) is 22.5. The van der Waals surface area contributed by atoms with Crippen molar-refractivity contribution in [2.24, 2.45) is 5.10 Å². The van der Waals surface area contributed by atoms with Crippen LogP contribution in [-0.4, -0.2) is 17.1 Å². The van der Waals surface area contributed by atoms with E-state index in [1.807, 2.05) is 29.6 Å². The normalized spacial score (nSPS) is 11.0. The first-order valence-electron chi connectivity index (χ1n) is 9.66. The summed E-state index contributed by atoms with van der Waals surface area (Å²) in [6.45, 7) is 2.05. The maximum absolute atomic E-state index is 12.4. The van der Waals surface area contributed by atoms with Crippen LogP contribution in [0.2, 0.25) is 10.0 Å². The number of thiazole rings is 1. The number of anilines is 2. The summed E-state index contributed by atoms with van der Waals surface area (Å²) in [5, 5.41) is 11.1. The van der Waals surface area contributed by atoms with Crippen molar-refractivity contribution in [2.75, 3.05) is 5.32 Å². The standard InChI is InChI=1S/C24H18Cl2N4OS/c1-15-2-10-20(11-3-15)28-24-29-22(14-32-24)16-4-6-17(7-5-16)23(31)30-27-13-18-8-9-19(25)12-21(18)26/h2-14H,1H3,(H,28,29)(H,30,31)/b27-13-. The van der Waals surface area contributed by atoms with Crippen molar-refractivity contribution in [2.45, 2.75) is 6.92 Å². The molecule has 0 aliphatic carbocycles. The molecule has 2 N–H and O–H groups in total. The van der Waals surface area contributed by atoms with Crippen molar-refractivity contribution >= 4 is 57.5 Å². The maximum Gasteiger partial charge on any atom is 0.271 e. The second-order valence-corrected chi connectivity index (χ2v) is 8.67. The second kappa shape index (κ2) is 9.96. The van der Waals surface area contributed by atoms with E-state index in [9.17, 15) is 4.79 Å². The number of amides is 1. The molecule has 4 rings (SSSR count). The quantitative estimate of drug-likeness (QED) is 0.232. The molecular weight excluding hydrogens is 463 g/mol. The van der Waals surface area contributed by atoms with E-state index in [1.165, 1.54) is 23.1 Å². The van der Waals surface area contributed by atoms with Gasteiger partial charge in [-0.3, -0.25) is 4.79 Å². The molecule has 0 saturated carbocycles. The monoisotopic (exact) mass is 480 g/mol. The Balaban J connectivity index is 1.38. The van der Waals surface area contributed by atoms with Gasteiger partial charge in [0, 0.05) is 32.8 Å². The van der Waals surface area contributed by atoms with E-state index in [-0.39, 0.29) is 5.91 Å². The average Bonchev–Trinajstić information content (AvgIpc) is 3.25. The summed E-state index contributed by atoms with van der Waals surface area (Å²) in [7, 11) is 0. The van der Waals surface area contributed by atoms with Crippen LogP contribution in [0.25, 0.3) is 11.3 Å². The second-order valence-electron chi connectivity index (χ2n) is 6.97. The van der Waals surface area contributed by atoms with Gasteiger partial charge in [0.05, 0.1) is 16.9 Å². The van der Waals surface area contributed by atoms with Gasteiger partial charge in [-0.05, 0) is 43.3 Å². The summed E-state index contributed by atoms with van der Waals surface area (Å²) in [6, 6.07) is 20.4. The largest absolute Gasteiger partial charge is 0.332 e. The molecule has 0 bridgehead atoms. The fourth-order valence-corrected chi connectivity index (χ4v) is 4.04. The number of hydrogen-bond donors (Lipinski definition) is 2. The Kier molecular flexibility index (Phi) is 6.85. The van der Waals surface area contributed by atoms with Crippen LogP contribution in [0.3, 0.4) is 0 Å². The molecule has 0 saturated heterocycles. The molecule has 0 atom stereocenters. The summed E-state index contributed by atoms with van der Waals surface area (Å²) in [5.74, 6) is -0.321. The number of hydrogen-bond acceptors (Lipinski definition) is 5. The molecule has 0 aliphatic heterocycles. The molecule has 3 aromatic carbocycles. The Hall–Kier alpha value is -3.19. The Morgan fingerprint density at radius 3 is 2.50 bits per heavy atom. The Morgan fingerprint density at radius 1 is 1.03 bits per heavy atom. The van der Waals surface area contributed by atoms with Crippen LogP contribution in [0.5, 0.6) is 0 Å². The predicted octanol–water partition coefficient (Wildman–Crippen LogP) is 6.93. The van der Waals surface area contributed by atoms with Crippen molar-refractivity contribution in [1.82, 2.24) is 10.4 Å². The van der Waals surface area contributed by atoms with E-state index in [1.54, 1.807) is 30.3 Å². The van der Waals surface area contributed by atoms with Crippen LogP contribution in [0.1, 0.15) is 21.5 Å². The molecule has 1 aromatic heterocycles. The smallest absolute Gasteiger partial charge is 0.271 e. The number of benzene rings is 3. The lowest BCUT2D eigenvalue weighted by molar-refractivity contribution is 0.0955. The third-order valence-electron chi connectivity index (χ3n) is 4.58. The van der Waals surface area contributed by atoms with Gasteiger partial charge in [-0.1, -0.05) is 59.1 Å². The zero-order valence-electron chi connectivity index (χ0n) is 17.0. The van der Waals surface area contributed by atoms with Gasteiger partial charge in [-0.25, -0.2) is 10.4 Å². The number of nitrogens with zero attached hydrogens (tertiary/aromatic N) is 2. The number of aromatic nitrogens is 1. The number of aryl methyl sites for hydroxylation is 1. The molecule has 1 amide bonds. The highest BCUT2D eigenvalue weighted by atomic mass is 35.5. The molecule has 0 spiro atoms. The van der Waals surface area contributed by atoms with Gasteiger partial charge in [0.15, 0.2) is 5.13 Å². The number of hydrazone groups is 1. The third-order valence-corrected chi connectivity index (χ3v) is 5.90. The van der Waals surface area contributed by atoms with E-state index in [0.717, 1.165) is 22.1 Å². The molecule has 160 valence electrons. The van der Waals surface area contributed by atoms with E-state index in [0.29, 0.717) is 21.2 Å². The van der Waals surface area contributed by atoms with Crippen molar-refractivity contribution in [3.63, 3.8) is 0 Å². The molecule has 5 nitrogen and oxygen atoms in total. The van der Waals surface area contributed by atoms with Crippen molar-refractivity contribution < 1.29 is 4.79 Å². The maximum atomic E-state index is 12.4. The number of rotatable bonds is 6. The average molecular weight is 481 g/mol. The van der Waals surface area contributed by atoms with E-state index in [4.69, 9.17) is 23.2 Å². The van der Waals surface area contributed by atoms with Crippen molar-refractivity contribution in [1.29, 1.82) is 0 Å². The van der Waals surface area contributed by atoms with Gasteiger partial charge in [0.2, 0.25) is 0 Å². The fourth-order valence-electron chi connectivity index (χ4n) is 2.85.